The van der Waals surface area contributed by atoms with E-state index in [1.807, 2.05) is 0 Å². The maximum absolute atomic E-state index is 9.12. The van der Waals surface area contributed by atoms with Crippen molar-refractivity contribution in [2.45, 2.75) is 37.6 Å². The first-order valence-corrected chi connectivity index (χ1v) is 4.47. The molecule has 1 fully saturated rings. The molecule has 5 atom stereocenters. The van der Waals surface area contributed by atoms with Crippen molar-refractivity contribution in [1.29, 1.82) is 0 Å². The third kappa shape index (κ3) is 35.4. The van der Waals surface area contributed by atoms with Crippen molar-refractivity contribution in [3.63, 3.8) is 0 Å². The van der Waals surface area contributed by atoms with Crippen LogP contribution in [0.15, 0.2) is 0 Å². The van der Waals surface area contributed by atoms with Crippen LogP contribution in [0.3, 0.4) is 0 Å². The largest absolute Gasteiger partial charge is 2.00 e. The summed E-state index contributed by atoms with van der Waals surface area (Å²) < 4.78 is 4.58. The van der Waals surface area contributed by atoms with Crippen LogP contribution in [0.2, 0.25) is 0 Å². The summed E-state index contributed by atoms with van der Waals surface area (Å²) in [5.74, 6) is -1.08. The Balaban J connectivity index is -0.0000000140. The zero-order valence-corrected chi connectivity index (χ0v) is 26.3. The van der Waals surface area contributed by atoms with Gasteiger partial charge in [-0.1, -0.05) is 0 Å². The average Bonchev–Trinajstić information content (AvgIpc) is 2.19. The van der Waals surface area contributed by atoms with Gasteiger partial charge >= 0.3 is 120 Å². The number of carbonyl (C=O) groups is 1. The van der Waals surface area contributed by atoms with E-state index in [1.54, 1.807) is 0 Å². The topological polar surface area (TPSA) is 214 Å². The Bertz CT molecular complexity index is 253. The number of carboxylic acid groups (broad SMARTS) is 1. The van der Waals surface area contributed by atoms with Crippen molar-refractivity contribution in [1.82, 2.24) is 0 Å². The molecule has 1 aliphatic rings. The van der Waals surface area contributed by atoms with Crippen molar-refractivity contribution in [3.8, 4) is 0 Å². The monoisotopic (exact) mass is 560 g/mol. The van der Waals surface area contributed by atoms with Gasteiger partial charge in [0.2, 0.25) is 0 Å². The SMILES string of the molecule is CC(=O)[O-].O.O.OCC1OC(O)C(O)C(O)C1O.[Ca+2].[Cl-].[Cl-].[Cl-].[Cl-].[Cl-].[Mg+2].[Na+].[Na+]. The van der Waals surface area contributed by atoms with Crippen LogP contribution in [0.5, 0.6) is 0 Å². The summed E-state index contributed by atoms with van der Waals surface area (Å²) >= 11 is 0. The van der Waals surface area contributed by atoms with Gasteiger partial charge in [-0.25, -0.2) is 0 Å². The van der Waals surface area contributed by atoms with Crippen molar-refractivity contribution < 1.29 is 172 Å². The number of aliphatic carboxylic acids is 1. The zero-order valence-electron chi connectivity index (χ0n) is 14.9. The van der Waals surface area contributed by atoms with Gasteiger partial charge in [0.1, 0.15) is 24.4 Å². The predicted octanol–water partition coefficient (Wildman–Crippen LogP) is -27.8. The quantitative estimate of drug-likeness (QED) is 0.193. The second-order valence-corrected chi connectivity index (χ2v) is 3.21. The van der Waals surface area contributed by atoms with Crippen molar-refractivity contribution >= 4 is 66.8 Å². The fourth-order valence-electron chi connectivity index (χ4n) is 1.08. The van der Waals surface area contributed by atoms with Gasteiger partial charge in [0.25, 0.3) is 0 Å². The summed E-state index contributed by atoms with van der Waals surface area (Å²) in [6.07, 6.45) is -7.04. The van der Waals surface area contributed by atoms with Gasteiger partial charge < -0.3 is 113 Å². The smallest absolute Gasteiger partial charge is 1.00 e. The number of halogens is 5. The van der Waals surface area contributed by atoms with Crippen molar-refractivity contribution in [2.24, 2.45) is 0 Å². The van der Waals surface area contributed by atoms with Gasteiger partial charge in [-0.2, -0.15) is 0 Å². The van der Waals surface area contributed by atoms with Crippen LogP contribution < -0.4 is 126 Å². The van der Waals surface area contributed by atoms with Crippen LogP contribution >= 0.6 is 0 Å². The van der Waals surface area contributed by atoms with Gasteiger partial charge in [-0.15, -0.1) is 0 Å². The Kier molecular flexibility index (Phi) is 126. The molecule has 0 aromatic carbocycles. The fraction of sp³-hybridized carbons (Fsp3) is 0.875. The first kappa shape index (κ1) is 77.0. The fourth-order valence-corrected chi connectivity index (χ4v) is 1.08. The zero-order chi connectivity index (χ0) is 12.9. The molecule has 10 nitrogen and oxygen atoms in total. The number of rotatable bonds is 1. The molecular formula is C8H19CaCl5MgNa2O10. The van der Waals surface area contributed by atoms with Crippen LogP contribution in [0.1, 0.15) is 6.92 Å². The van der Waals surface area contributed by atoms with E-state index in [0.29, 0.717) is 0 Å². The van der Waals surface area contributed by atoms with E-state index in [0.717, 1.165) is 6.92 Å². The van der Waals surface area contributed by atoms with Crippen molar-refractivity contribution in [2.75, 3.05) is 6.61 Å². The summed E-state index contributed by atoms with van der Waals surface area (Å²) in [5, 5.41) is 53.5. The van der Waals surface area contributed by atoms with Gasteiger partial charge in [0.05, 0.1) is 6.61 Å². The Morgan fingerprint density at radius 3 is 1.37 bits per heavy atom. The molecular weight excluding hydrogens is 544 g/mol. The van der Waals surface area contributed by atoms with E-state index in [9.17, 15) is 0 Å². The molecule has 0 aromatic rings. The van der Waals surface area contributed by atoms with E-state index in [4.69, 9.17) is 35.4 Å². The molecule has 1 heterocycles. The molecule has 0 amide bonds. The number of ether oxygens (including phenoxy) is 1. The summed E-state index contributed by atoms with van der Waals surface area (Å²) in [4.78, 5) is 8.89. The maximum atomic E-state index is 9.12. The maximum Gasteiger partial charge on any atom is 2.00 e. The molecule has 1 saturated heterocycles. The van der Waals surface area contributed by atoms with Gasteiger partial charge in [0.15, 0.2) is 6.29 Å². The standard InChI is InChI=1S/C6H12O6.C2H4O2.Ca.5ClH.Mg.2Na.2H2O/c7-1-2-3(8)4(9)5(10)6(11)12-2;1-2(3)4;;;;;;;;;;;/h2-11H,1H2;1H3,(H,3,4);;5*1H;;;;2*1H2/q;;+2;;;;;;+2;2*+1;;/p-6. The van der Waals surface area contributed by atoms with E-state index in [2.05, 4.69) is 4.74 Å². The third-order valence-electron chi connectivity index (χ3n) is 1.87. The van der Waals surface area contributed by atoms with Crippen LogP contribution in [-0.2, 0) is 9.53 Å². The Morgan fingerprint density at radius 1 is 0.889 bits per heavy atom. The number of aliphatic hydroxyl groups is 5. The summed E-state index contributed by atoms with van der Waals surface area (Å²) in [6.45, 7) is 0.446. The summed E-state index contributed by atoms with van der Waals surface area (Å²) in [7, 11) is 0. The molecule has 27 heavy (non-hydrogen) atoms. The molecule has 0 saturated carbocycles. The Hall–Kier alpha value is 4.63. The molecule has 0 aliphatic carbocycles. The second kappa shape index (κ2) is 44.3. The minimum Gasteiger partial charge on any atom is -1.00 e. The van der Waals surface area contributed by atoms with E-state index < -0.39 is 43.3 Å². The van der Waals surface area contributed by atoms with Gasteiger partial charge in [-0.3, -0.25) is 0 Å². The number of carbonyl (C=O) groups excluding carboxylic acids is 1. The van der Waals surface area contributed by atoms with E-state index in [1.165, 1.54) is 0 Å². The minimum atomic E-state index is -1.57. The molecule has 0 radical (unpaired) electrons. The molecule has 19 heteroatoms. The average molecular weight is 563 g/mol. The number of hydrogen-bond acceptors (Lipinski definition) is 8. The van der Waals surface area contributed by atoms with Gasteiger partial charge in [-0.05, 0) is 6.92 Å². The van der Waals surface area contributed by atoms with Crippen molar-refractivity contribution in [3.05, 3.63) is 0 Å². The molecule has 0 spiro atoms. The predicted molar refractivity (Wildman–Crippen MR) is 65.4 cm³/mol. The first-order chi connectivity index (χ1) is 7.31. The minimum absolute atomic E-state index is 0. The molecule has 0 bridgehead atoms. The van der Waals surface area contributed by atoms with E-state index in [-0.39, 0.29) is 193 Å². The number of aliphatic hydroxyl groups excluding tert-OH is 5. The number of carboxylic acids is 1. The number of hydrogen-bond donors (Lipinski definition) is 5. The second-order valence-electron chi connectivity index (χ2n) is 3.21. The molecule has 1 aliphatic heterocycles. The molecule has 152 valence electrons. The van der Waals surface area contributed by atoms with Crippen LogP contribution in [0.25, 0.3) is 0 Å². The Morgan fingerprint density at radius 2 is 1.15 bits per heavy atom. The first-order valence-electron chi connectivity index (χ1n) is 4.47. The third-order valence-corrected chi connectivity index (χ3v) is 1.87. The summed E-state index contributed by atoms with van der Waals surface area (Å²) in [6, 6.07) is 0. The molecule has 0 aromatic heterocycles. The van der Waals surface area contributed by atoms with Crippen LogP contribution in [-0.4, -0.2) is 141 Å². The summed E-state index contributed by atoms with van der Waals surface area (Å²) in [5.41, 5.74) is 0. The normalized spacial score (nSPS) is 22.8. The van der Waals surface area contributed by atoms with E-state index >= 15 is 0 Å². The Labute approximate surface area is 278 Å². The van der Waals surface area contributed by atoms with Crippen LogP contribution in [0, 0.1) is 0 Å². The van der Waals surface area contributed by atoms with Gasteiger partial charge in [0, 0.05) is 5.97 Å². The molecule has 5 unspecified atom stereocenters. The molecule has 1 rings (SSSR count). The van der Waals surface area contributed by atoms with Crippen LogP contribution in [0.4, 0.5) is 0 Å². The molecule has 9 N–H and O–H groups in total.